The van der Waals surface area contributed by atoms with Crippen LogP contribution >= 0.6 is 0 Å². The molecule has 194 valence electrons. The zero-order valence-corrected chi connectivity index (χ0v) is 21.2. The van der Waals surface area contributed by atoms with E-state index in [-0.39, 0.29) is 12.1 Å². The van der Waals surface area contributed by atoms with Gasteiger partial charge in [-0.3, -0.25) is 14.4 Å². The molecule has 0 aromatic heterocycles. The van der Waals surface area contributed by atoms with Crippen LogP contribution in [0.5, 0.6) is 0 Å². The normalized spacial score (nSPS) is 17.9. The summed E-state index contributed by atoms with van der Waals surface area (Å²) in [6.45, 7) is 5.88. The van der Waals surface area contributed by atoms with E-state index in [1.54, 1.807) is 6.92 Å². The van der Waals surface area contributed by atoms with Gasteiger partial charge >= 0.3 is 23.9 Å². The van der Waals surface area contributed by atoms with Gasteiger partial charge in [-0.05, 0) is 39.2 Å². The molecule has 8 nitrogen and oxygen atoms in total. The number of carbonyl (C=O) groups excluding carboxylic acids is 3. The molecule has 0 saturated carbocycles. The predicted molar refractivity (Wildman–Crippen MR) is 127 cm³/mol. The Labute approximate surface area is 203 Å². The Kier molecular flexibility index (Phi) is 14.2. The zero-order valence-electron chi connectivity index (χ0n) is 21.2. The van der Waals surface area contributed by atoms with Crippen molar-refractivity contribution in [1.29, 1.82) is 0 Å². The maximum absolute atomic E-state index is 11.8. The average molecular weight is 483 g/mol. The lowest BCUT2D eigenvalue weighted by Crippen LogP contribution is -2.41. The van der Waals surface area contributed by atoms with Crippen molar-refractivity contribution in [2.24, 2.45) is 5.92 Å². The summed E-state index contributed by atoms with van der Waals surface area (Å²) in [4.78, 5) is 46.0. The van der Waals surface area contributed by atoms with Crippen molar-refractivity contribution in [2.45, 2.75) is 123 Å². The molecule has 1 rings (SSSR count). The molecule has 0 spiro atoms. The number of rotatable bonds is 18. The van der Waals surface area contributed by atoms with E-state index in [1.807, 2.05) is 13.0 Å². The molecular weight excluding hydrogens is 440 g/mol. The van der Waals surface area contributed by atoms with Gasteiger partial charge in [-0.25, -0.2) is 4.79 Å². The molecular formula is C26H42O8. The van der Waals surface area contributed by atoms with Gasteiger partial charge in [0.05, 0.1) is 5.92 Å². The lowest BCUT2D eigenvalue weighted by atomic mass is 9.92. The van der Waals surface area contributed by atoms with Gasteiger partial charge in [0.1, 0.15) is 12.2 Å². The fourth-order valence-electron chi connectivity index (χ4n) is 4.36. The summed E-state index contributed by atoms with van der Waals surface area (Å²) in [5.41, 5.74) is 0.817. The second-order valence-corrected chi connectivity index (χ2v) is 9.21. The van der Waals surface area contributed by atoms with Crippen molar-refractivity contribution in [3.8, 4) is 0 Å². The standard InChI is InChI=1S/C26H42O8/c1-18-17-22(26(31)32-18)15-13-11-9-7-5-6-8-10-12-14-16-23(25(29)30)24(34-21(4)28)19(2)33-20(3)27/h17-19,23-24H,5-16H2,1-4H3,(H,29,30)/t18-,19-,23-,24+/m0/s1. The number of ether oxygens (including phenoxy) is 3. The molecule has 0 amide bonds. The molecule has 1 aliphatic heterocycles. The Morgan fingerprint density at radius 2 is 1.41 bits per heavy atom. The van der Waals surface area contributed by atoms with Gasteiger partial charge < -0.3 is 19.3 Å². The number of unbranched alkanes of at least 4 members (excludes halogenated alkanes) is 9. The van der Waals surface area contributed by atoms with E-state index in [0.29, 0.717) is 12.8 Å². The Bertz CT molecular complexity index is 699. The van der Waals surface area contributed by atoms with Crippen LogP contribution in [0.15, 0.2) is 11.6 Å². The van der Waals surface area contributed by atoms with Gasteiger partial charge in [0.2, 0.25) is 0 Å². The third-order valence-electron chi connectivity index (χ3n) is 6.03. The van der Waals surface area contributed by atoms with Gasteiger partial charge in [-0.1, -0.05) is 57.8 Å². The topological polar surface area (TPSA) is 116 Å². The number of hydrogen-bond acceptors (Lipinski definition) is 7. The fraction of sp³-hybridized carbons (Fsp3) is 0.769. The van der Waals surface area contributed by atoms with E-state index >= 15 is 0 Å². The van der Waals surface area contributed by atoms with Crippen LogP contribution in [0.3, 0.4) is 0 Å². The van der Waals surface area contributed by atoms with Crippen LogP contribution in [0.1, 0.15) is 105 Å². The minimum Gasteiger partial charge on any atom is -0.481 e. The molecule has 0 aromatic rings. The summed E-state index contributed by atoms with van der Waals surface area (Å²) >= 11 is 0. The van der Waals surface area contributed by atoms with Crippen LogP contribution in [0.4, 0.5) is 0 Å². The summed E-state index contributed by atoms with van der Waals surface area (Å²) in [6.07, 6.45) is 11.7. The molecule has 0 unspecified atom stereocenters. The quantitative estimate of drug-likeness (QED) is 0.162. The van der Waals surface area contributed by atoms with Gasteiger partial charge in [0, 0.05) is 19.4 Å². The molecule has 1 heterocycles. The molecule has 0 radical (unpaired) electrons. The third kappa shape index (κ3) is 12.2. The first-order valence-corrected chi connectivity index (χ1v) is 12.6. The largest absolute Gasteiger partial charge is 0.481 e. The number of carboxylic acid groups (broad SMARTS) is 1. The maximum Gasteiger partial charge on any atom is 0.334 e. The van der Waals surface area contributed by atoms with E-state index in [4.69, 9.17) is 14.2 Å². The first-order valence-electron chi connectivity index (χ1n) is 12.6. The lowest BCUT2D eigenvalue weighted by Gasteiger charge is -2.28. The fourth-order valence-corrected chi connectivity index (χ4v) is 4.36. The highest BCUT2D eigenvalue weighted by Crippen LogP contribution is 2.23. The van der Waals surface area contributed by atoms with Crippen molar-refractivity contribution < 1.29 is 38.5 Å². The van der Waals surface area contributed by atoms with Gasteiger partial charge in [-0.15, -0.1) is 0 Å². The van der Waals surface area contributed by atoms with E-state index in [1.165, 1.54) is 26.7 Å². The molecule has 1 aliphatic rings. The molecule has 4 atom stereocenters. The Morgan fingerprint density at radius 1 is 0.912 bits per heavy atom. The average Bonchev–Trinajstić information content (AvgIpc) is 3.06. The maximum atomic E-state index is 11.8. The van der Waals surface area contributed by atoms with Crippen molar-refractivity contribution >= 4 is 23.9 Å². The second kappa shape index (κ2) is 16.3. The van der Waals surface area contributed by atoms with Crippen LogP contribution in [-0.2, 0) is 33.4 Å². The number of hydrogen-bond donors (Lipinski definition) is 1. The first-order chi connectivity index (χ1) is 16.1. The Morgan fingerprint density at radius 3 is 1.85 bits per heavy atom. The molecule has 0 aromatic carbocycles. The number of cyclic esters (lactones) is 1. The van der Waals surface area contributed by atoms with Crippen molar-refractivity contribution in [1.82, 2.24) is 0 Å². The van der Waals surface area contributed by atoms with E-state index in [2.05, 4.69) is 0 Å². The van der Waals surface area contributed by atoms with Crippen LogP contribution in [-0.4, -0.2) is 47.3 Å². The monoisotopic (exact) mass is 482 g/mol. The zero-order chi connectivity index (χ0) is 25.5. The SMILES string of the molecule is CC(=O)O[C@H]([C@H](C)OC(C)=O)[C@H](CCCCCCCCCCCCC1=C[C@H](C)OC1=O)C(=O)O. The Hall–Kier alpha value is -2.38. The highest BCUT2D eigenvalue weighted by Gasteiger charge is 2.36. The third-order valence-corrected chi connectivity index (χ3v) is 6.03. The molecule has 0 aliphatic carbocycles. The number of esters is 3. The molecule has 0 fully saturated rings. The molecule has 8 heteroatoms. The van der Waals surface area contributed by atoms with Gasteiger partial charge in [0.15, 0.2) is 6.10 Å². The summed E-state index contributed by atoms with van der Waals surface area (Å²) in [5.74, 6) is -3.27. The highest BCUT2D eigenvalue weighted by molar-refractivity contribution is 5.90. The predicted octanol–water partition coefficient (Wildman–Crippen LogP) is 5.12. The van der Waals surface area contributed by atoms with Gasteiger partial charge in [0.25, 0.3) is 0 Å². The van der Waals surface area contributed by atoms with E-state index in [9.17, 15) is 24.3 Å². The van der Waals surface area contributed by atoms with Crippen molar-refractivity contribution in [3.05, 3.63) is 11.6 Å². The first kappa shape index (κ1) is 29.7. The van der Waals surface area contributed by atoms with Crippen LogP contribution in [0.25, 0.3) is 0 Å². The minimum atomic E-state index is -1.05. The highest BCUT2D eigenvalue weighted by atomic mass is 16.6. The molecule has 0 bridgehead atoms. The van der Waals surface area contributed by atoms with Crippen LogP contribution < -0.4 is 0 Å². The Balaban J connectivity index is 2.16. The molecule has 0 saturated heterocycles. The smallest absolute Gasteiger partial charge is 0.334 e. The molecule has 1 N–H and O–H groups in total. The summed E-state index contributed by atoms with van der Waals surface area (Å²) in [7, 11) is 0. The second-order valence-electron chi connectivity index (χ2n) is 9.21. The minimum absolute atomic E-state index is 0.0860. The van der Waals surface area contributed by atoms with E-state index < -0.39 is 36.0 Å². The lowest BCUT2D eigenvalue weighted by molar-refractivity contribution is -0.174. The van der Waals surface area contributed by atoms with Crippen molar-refractivity contribution in [3.63, 3.8) is 0 Å². The number of aliphatic carboxylic acids is 1. The van der Waals surface area contributed by atoms with Gasteiger partial charge in [-0.2, -0.15) is 0 Å². The summed E-state index contributed by atoms with van der Waals surface area (Å²) in [6, 6.07) is 0. The van der Waals surface area contributed by atoms with Crippen LogP contribution in [0.2, 0.25) is 0 Å². The van der Waals surface area contributed by atoms with Crippen LogP contribution in [0, 0.1) is 5.92 Å². The summed E-state index contributed by atoms with van der Waals surface area (Å²) in [5, 5.41) is 9.63. The molecule has 34 heavy (non-hydrogen) atoms. The number of carbonyl (C=O) groups is 4. The number of carboxylic acids is 1. The van der Waals surface area contributed by atoms with Crippen molar-refractivity contribution in [2.75, 3.05) is 0 Å². The van der Waals surface area contributed by atoms with E-state index in [0.717, 1.165) is 56.9 Å². The summed E-state index contributed by atoms with van der Waals surface area (Å²) < 4.78 is 15.4.